The van der Waals surface area contributed by atoms with Crippen LogP contribution in [0.25, 0.3) is 0 Å². The van der Waals surface area contributed by atoms with E-state index >= 15 is 0 Å². The van der Waals surface area contributed by atoms with E-state index in [2.05, 4.69) is 86.8 Å². The van der Waals surface area contributed by atoms with Gasteiger partial charge in [-0.3, -0.25) is 14.2 Å². The first-order valence-corrected chi connectivity index (χ1v) is 30.2. The third kappa shape index (κ3) is 50.4. The molecule has 406 valence electrons. The number of ether oxygens (including phenoxy) is 1. The molecule has 9 nitrogen and oxygen atoms in total. The van der Waals surface area contributed by atoms with E-state index < -0.39 is 26.6 Å². The fourth-order valence-corrected chi connectivity index (χ4v) is 8.68. The van der Waals surface area contributed by atoms with Gasteiger partial charge in [-0.2, -0.15) is 0 Å². The Bertz CT molecular complexity index is 1430. The molecular formula is C60H109N2O7P. The second kappa shape index (κ2) is 50.0. The second-order valence-corrected chi connectivity index (χ2v) is 21.8. The Labute approximate surface area is 432 Å². The van der Waals surface area contributed by atoms with E-state index in [9.17, 15) is 19.0 Å². The Balaban J connectivity index is 5.39. The van der Waals surface area contributed by atoms with Gasteiger partial charge >= 0.3 is 5.97 Å². The fraction of sp³-hybridized carbons (Fsp3) is 0.767. The maximum Gasteiger partial charge on any atom is 0.306 e. The zero-order chi connectivity index (χ0) is 51.5. The zero-order valence-corrected chi connectivity index (χ0v) is 47.1. The molecule has 0 saturated carbocycles. The van der Waals surface area contributed by atoms with Crippen LogP contribution in [0.5, 0.6) is 0 Å². The minimum absolute atomic E-state index is 0.0292. The average Bonchev–Trinajstić information content (AvgIpc) is 3.32. The average molecular weight is 1000 g/mol. The minimum Gasteiger partial charge on any atom is -0.756 e. The van der Waals surface area contributed by atoms with Crippen LogP contribution in [-0.4, -0.2) is 69.4 Å². The Morgan fingerprint density at radius 3 is 1.39 bits per heavy atom. The van der Waals surface area contributed by atoms with Crippen LogP contribution in [0, 0.1) is 0 Å². The normalized spacial score (nSPS) is 14.3. The molecule has 0 aromatic heterocycles. The van der Waals surface area contributed by atoms with Gasteiger partial charge in [0.1, 0.15) is 19.3 Å². The molecule has 70 heavy (non-hydrogen) atoms. The summed E-state index contributed by atoms with van der Waals surface area (Å²) in [4.78, 5) is 39.8. The van der Waals surface area contributed by atoms with Crippen molar-refractivity contribution in [1.29, 1.82) is 0 Å². The van der Waals surface area contributed by atoms with Gasteiger partial charge in [0.15, 0.2) is 0 Å². The van der Waals surface area contributed by atoms with E-state index in [4.69, 9.17) is 13.8 Å². The number of likely N-dealkylation sites (N-methyl/N-ethyl adjacent to an activating group) is 1. The molecule has 0 rings (SSSR count). The summed E-state index contributed by atoms with van der Waals surface area (Å²) in [5, 5.41) is 3.01. The largest absolute Gasteiger partial charge is 0.756 e. The Morgan fingerprint density at radius 1 is 0.514 bits per heavy atom. The van der Waals surface area contributed by atoms with Crippen LogP contribution >= 0.6 is 7.82 Å². The third-order valence-electron chi connectivity index (χ3n) is 12.4. The molecule has 10 heteroatoms. The topological polar surface area (TPSA) is 114 Å². The number of carbonyl (C=O) groups is 2. The lowest BCUT2D eigenvalue weighted by Crippen LogP contribution is -2.47. The van der Waals surface area contributed by atoms with Gasteiger partial charge in [0.2, 0.25) is 5.91 Å². The van der Waals surface area contributed by atoms with Crippen molar-refractivity contribution in [2.24, 2.45) is 0 Å². The molecule has 0 aliphatic rings. The standard InChI is InChI=1S/C60H109N2O7P/c1-7-10-13-16-19-22-25-28-29-30-31-32-33-35-38-41-44-47-50-53-60(64)69-58(51-48-45-42-39-36-27-24-21-18-15-12-9-3)57(56-68-70(65,66)67-55-54-62(4,5)6)61-59(63)52-49-46-43-40-37-34-26-23-20-17-14-11-8-2/h10,13,19,22,28-29,31-32,35,38,48,51,57-58H,7-9,11-12,14-18,20-21,23-27,30,33-34,36-37,39-47,49-50,52-56H2,1-6H3,(H-,61,63,65,66)/b13-10-,22-19-,29-28-,32-31-,38-35-,51-48+. The molecule has 0 radical (unpaired) electrons. The number of unbranched alkanes of at least 4 members (excludes halogenated alkanes) is 25. The van der Waals surface area contributed by atoms with E-state index in [-0.39, 0.29) is 24.9 Å². The van der Waals surface area contributed by atoms with Crippen LogP contribution in [-0.2, 0) is 27.9 Å². The van der Waals surface area contributed by atoms with Crippen LogP contribution in [0.1, 0.15) is 245 Å². The number of rotatable bonds is 51. The molecule has 0 aliphatic carbocycles. The summed E-state index contributed by atoms with van der Waals surface area (Å²) in [7, 11) is 1.16. The Morgan fingerprint density at radius 2 is 0.914 bits per heavy atom. The number of nitrogens with one attached hydrogen (secondary N) is 1. The van der Waals surface area contributed by atoms with Crippen LogP contribution < -0.4 is 10.2 Å². The molecule has 3 atom stereocenters. The highest BCUT2D eigenvalue weighted by atomic mass is 31.2. The second-order valence-electron chi connectivity index (χ2n) is 20.4. The van der Waals surface area contributed by atoms with Gasteiger partial charge in [-0.15, -0.1) is 0 Å². The summed E-state index contributed by atoms with van der Waals surface area (Å²) < 4.78 is 30.2. The first kappa shape index (κ1) is 67.5. The molecule has 0 saturated heterocycles. The zero-order valence-electron chi connectivity index (χ0n) is 46.2. The Hall–Kier alpha value is -2.55. The van der Waals surface area contributed by atoms with Gasteiger partial charge in [-0.1, -0.05) is 229 Å². The number of carbonyl (C=O) groups excluding carboxylic acids is 2. The first-order chi connectivity index (χ1) is 33.9. The van der Waals surface area contributed by atoms with E-state index in [1.165, 1.54) is 116 Å². The molecule has 0 heterocycles. The van der Waals surface area contributed by atoms with Crippen molar-refractivity contribution in [2.45, 2.75) is 258 Å². The monoisotopic (exact) mass is 1000 g/mol. The van der Waals surface area contributed by atoms with Crippen molar-refractivity contribution in [3.05, 3.63) is 72.9 Å². The van der Waals surface area contributed by atoms with Crippen molar-refractivity contribution >= 4 is 19.7 Å². The highest BCUT2D eigenvalue weighted by molar-refractivity contribution is 7.45. The van der Waals surface area contributed by atoms with Gasteiger partial charge in [0, 0.05) is 12.8 Å². The summed E-state index contributed by atoms with van der Waals surface area (Å²) in [6, 6.07) is -0.901. The molecule has 3 unspecified atom stereocenters. The van der Waals surface area contributed by atoms with Crippen molar-refractivity contribution in [3.63, 3.8) is 0 Å². The van der Waals surface area contributed by atoms with Gasteiger partial charge in [-0.25, -0.2) is 0 Å². The quantitative estimate of drug-likeness (QED) is 0.0212. The molecule has 0 fully saturated rings. The summed E-state index contributed by atoms with van der Waals surface area (Å²) in [6.45, 7) is 6.70. The maximum absolute atomic E-state index is 13.5. The number of phosphoric acid groups is 1. The number of hydrogen-bond donors (Lipinski definition) is 1. The minimum atomic E-state index is -4.70. The highest BCUT2D eigenvalue weighted by Crippen LogP contribution is 2.38. The lowest BCUT2D eigenvalue weighted by molar-refractivity contribution is -0.870. The van der Waals surface area contributed by atoms with Gasteiger partial charge in [0.25, 0.3) is 7.82 Å². The maximum atomic E-state index is 13.5. The number of hydrogen-bond acceptors (Lipinski definition) is 7. The van der Waals surface area contributed by atoms with Crippen molar-refractivity contribution in [3.8, 4) is 0 Å². The van der Waals surface area contributed by atoms with E-state index in [0.717, 1.165) is 89.9 Å². The number of quaternary nitrogens is 1. The Kier molecular flexibility index (Phi) is 48.2. The first-order valence-electron chi connectivity index (χ1n) is 28.7. The van der Waals surface area contributed by atoms with Crippen molar-refractivity contribution in [2.75, 3.05) is 40.9 Å². The molecule has 0 aliphatic heterocycles. The van der Waals surface area contributed by atoms with Crippen LogP contribution in [0.3, 0.4) is 0 Å². The highest BCUT2D eigenvalue weighted by Gasteiger charge is 2.27. The molecule has 0 bridgehead atoms. The molecule has 0 aromatic rings. The summed E-state index contributed by atoms with van der Waals surface area (Å²) in [5.41, 5.74) is 0. The lowest BCUT2D eigenvalue weighted by Gasteiger charge is -2.30. The summed E-state index contributed by atoms with van der Waals surface area (Å²) in [5.74, 6) is -0.578. The summed E-state index contributed by atoms with van der Waals surface area (Å²) >= 11 is 0. The smallest absolute Gasteiger partial charge is 0.306 e. The summed E-state index contributed by atoms with van der Waals surface area (Å²) in [6.07, 6.45) is 62.9. The molecule has 0 aromatic carbocycles. The van der Waals surface area contributed by atoms with Crippen LogP contribution in [0.4, 0.5) is 0 Å². The molecule has 1 amide bonds. The van der Waals surface area contributed by atoms with Crippen molar-refractivity contribution < 1.29 is 37.3 Å². The number of phosphoric ester groups is 1. The van der Waals surface area contributed by atoms with E-state index in [0.29, 0.717) is 23.9 Å². The van der Waals surface area contributed by atoms with Gasteiger partial charge in [0.05, 0.1) is 33.8 Å². The number of nitrogens with zero attached hydrogens (tertiary/aromatic N) is 1. The fourth-order valence-electron chi connectivity index (χ4n) is 7.96. The SMILES string of the molecule is CC/C=C\C/C=C\C/C=C\C/C=C\C/C=C\CCCCCC(=O)OC(/C=C/CCCCCCCCCCCC)C(COP(=O)([O-])OCC[N+](C)(C)C)NC(=O)CCCCCCCCCCCCCCC. The van der Waals surface area contributed by atoms with Crippen LogP contribution in [0.2, 0.25) is 0 Å². The third-order valence-corrected chi connectivity index (χ3v) is 13.4. The molecule has 0 spiro atoms. The lowest BCUT2D eigenvalue weighted by atomic mass is 10.0. The number of esters is 1. The number of amides is 1. The van der Waals surface area contributed by atoms with E-state index in [1.54, 1.807) is 0 Å². The number of allylic oxidation sites excluding steroid dienone is 11. The van der Waals surface area contributed by atoms with Crippen LogP contribution in [0.15, 0.2) is 72.9 Å². The molecule has 1 N–H and O–H groups in total. The van der Waals surface area contributed by atoms with E-state index in [1.807, 2.05) is 33.3 Å². The van der Waals surface area contributed by atoms with Gasteiger partial charge in [-0.05, 0) is 76.7 Å². The molecular weight excluding hydrogens is 892 g/mol. The van der Waals surface area contributed by atoms with Crippen molar-refractivity contribution in [1.82, 2.24) is 5.32 Å². The predicted molar refractivity (Wildman–Crippen MR) is 298 cm³/mol. The predicted octanol–water partition coefficient (Wildman–Crippen LogP) is 16.6. The van der Waals surface area contributed by atoms with Gasteiger partial charge < -0.3 is 28.5 Å².